The standard InChI is InChI=1S/C22H23F2N3O4S/c1-31-11-12-3-6-15(20(7-12)32(2,29)30)26-16-8-14(9-19(28)13-4-5-13)25-17-10-18(22(23)24)27-21(16)17/h3,6-8,13,22H,4-5,9-11H2,1-2H3,(H,25,26). The summed E-state index contributed by atoms with van der Waals surface area (Å²) in [5.74, 6) is 0.108. The summed E-state index contributed by atoms with van der Waals surface area (Å²) < 4.78 is 56.5. The van der Waals surface area contributed by atoms with Gasteiger partial charge in [0.2, 0.25) is 0 Å². The Morgan fingerprint density at radius 2 is 2.00 bits per heavy atom. The van der Waals surface area contributed by atoms with E-state index in [1.807, 2.05) is 0 Å². The maximum Gasteiger partial charge on any atom is 0.277 e. The first-order chi connectivity index (χ1) is 15.2. The number of fused-ring (bicyclic) bond motifs is 1. The maximum atomic E-state index is 13.3. The molecule has 0 unspecified atom stereocenters. The molecule has 0 saturated heterocycles. The lowest BCUT2D eigenvalue weighted by Crippen LogP contribution is -2.11. The second kappa shape index (κ2) is 8.67. The number of halogens is 2. The Morgan fingerprint density at radius 1 is 1.25 bits per heavy atom. The highest BCUT2D eigenvalue weighted by Gasteiger charge is 2.31. The second-order valence-electron chi connectivity index (χ2n) is 8.12. The number of methoxy groups -OCH3 is 1. The molecule has 1 aromatic carbocycles. The zero-order valence-corrected chi connectivity index (χ0v) is 18.5. The number of ether oxygens (including phenoxy) is 1. The first-order valence-electron chi connectivity index (χ1n) is 10.2. The van der Waals surface area contributed by atoms with Crippen LogP contribution in [0.25, 0.3) is 0 Å². The number of hydrogen-bond acceptors (Lipinski definition) is 7. The van der Waals surface area contributed by atoms with Gasteiger partial charge in [-0.15, -0.1) is 0 Å². The van der Waals surface area contributed by atoms with Crippen molar-refractivity contribution in [1.29, 1.82) is 0 Å². The molecule has 2 aliphatic rings. The molecule has 1 N–H and O–H groups in total. The van der Waals surface area contributed by atoms with Gasteiger partial charge in [-0.1, -0.05) is 6.07 Å². The SMILES string of the molecule is COCc1ccc(Nc2cc(CC(=O)C3CC3)nc3c2N=C(C(F)F)C3)c(S(C)(=O)=O)c1. The number of hydrogen-bond donors (Lipinski definition) is 1. The lowest BCUT2D eigenvalue weighted by Gasteiger charge is -2.15. The highest BCUT2D eigenvalue weighted by atomic mass is 32.2. The third-order valence-corrected chi connectivity index (χ3v) is 6.52. The summed E-state index contributed by atoms with van der Waals surface area (Å²) in [6, 6.07) is 6.41. The van der Waals surface area contributed by atoms with Crippen molar-refractivity contribution in [2.24, 2.45) is 10.9 Å². The second-order valence-corrected chi connectivity index (χ2v) is 10.1. The van der Waals surface area contributed by atoms with Crippen LogP contribution in [0.3, 0.4) is 0 Å². The lowest BCUT2D eigenvalue weighted by atomic mass is 10.1. The minimum atomic E-state index is -3.61. The van der Waals surface area contributed by atoms with Crippen LogP contribution in [0.2, 0.25) is 0 Å². The molecule has 0 spiro atoms. The summed E-state index contributed by atoms with van der Waals surface area (Å²) in [6.07, 6.45) is 0.0706. The third kappa shape index (κ3) is 4.86. The number of aromatic nitrogens is 1. The van der Waals surface area contributed by atoms with E-state index >= 15 is 0 Å². The van der Waals surface area contributed by atoms with Crippen LogP contribution in [0.15, 0.2) is 34.2 Å². The van der Waals surface area contributed by atoms with Gasteiger partial charge in [0.15, 0.2) is 9.84 Å². The smallest absolute Gasteiger partial charge is 0.277 e. The number of Topliss-reactive ketones (excluding diaryl/α,β-unsaturated/α-hetero) is 1. The van der Waals surface area contributed by atoms with Gasteiger partial charge in [-0.2, -0.15) is 0 Å². The average molecular weight is 464 g/mol. The molecular formula is C22H23F2N3O4S. The van der Waals surface area contributed by atoms with E-state index in [9.17, 15) is 22.0 Å². The van der Waals surface area contributed by atoms with Crippen LogP contribution >= 0.6 is 0 Å². The molecular weight excluding hydrogens is 440 g/mol. The normalized spacial score (nSPS) is 15.6. The van der Waals surface area contributed by atoms with Crippen molar-refractivity contribution in [2.45, 2.75) is 43.6 Å². The molecule has 0 bridgehead atoms. The molecule has 7 nitrogen and oxygen atoms in total. The van der Waals surface area contributed by atoms with Gasteiger partial charge >= 0.3 is 0 Å². The molecule has 2 aromatic rings. The van der Waals surface area contributed by atoms with E-state index in [-0.39, 0.29) is 53.1 Å². The van der Waals surface area contributed by atoms with Crippen LogP contribution in [-0.2, 0) is 38.8 Å². The number of rotatable bonds is 9. The Hall–Kier alpha value is -2.72. The fraction of sp³-hybridized carbons (Fsp3) is 0.409. The quantitative estimate of drug-likeness (QED) is 0.608. The van der Waals surface area contributed by atoms with Crippen LogP contribution in [0.4, 0.5) is 25.8 Å². The summed E-state index contributed by atoms with van der Waals surface area (Å²) >= 11 is 0. The largest absolute Gasteiger partial charge is 0.380 e. The Balaban J connectivity index is 1.75. The van der Waals surface area contributed by atoms with E-state index < -0.39 is 16.3 Å². The van der Waals surface area contributed by atoms with Crippen LogP contribution in [0.5, 0.6) is 0 Å². The molecule has 1 aliphatic carbocycles. The minimum absolute atomic E-state index is 0.0412. The summed E-state index contributed by atoms with van der Waals surface area (Å²) in [6.45, 7) is 0.239. The van der Waals surface area contributed by atoms with Gasteiger partial charge in [0.1, 0.15) is 11.5 Å². The Labute approximate surface area is 184 Å². The van der Waals surface area contributed by atoms with Crippen LogP contribution in [0.1, 0.15) is 29.8 Å². The molecule has 32 heavy (non-hydrogen) atoms. The van der Waals surface area contributed by atoms with Crippen LogP contribution < -0.4 is 5.32 Å². The number of anilines is 2. The van der Waals surface area contributed by atoms with Gasteiger partial charge in [-0.25, -0.2) is 22.2 Å². The molecule has 1 saturated carbocycles. The summed E-state index contributed by atoms with van der Waals surface area (Å²) in [4.78, 5) is 20.8. The third-order valence-electron chi connectivity index (χ3n) is 5.39. The highest BCUT2D eigenvalue weighted by Crippen LogP contribution is 2.39. The number of carbonyl (C=O) groups excluding carboxylic acids is 1. The lowest BCUT2D eigenvalue weighted by molar-refractivity contribution is -0.119. The van der Waals surface area contributed by atoms with Crippen LogP contribution in [-0.4, -0.2) is 44.7 Å². The van der Waals surface area contributed by atoms with Crippen molar-refractivity contribution in [1.82, 2.24) is 4.98 Å². The van der Waals surface area contributed by atoms with E-state index in [4.69, 9.17) is 4.74 Å². The summed E-state index contributed by atoms with van der Waals surface area (Å²) in [5, 5.41) is 3.04. The zero-order chi connectivity index (χ0) is 23.0. The average Bonchev–Trinajstić information content (AvgIpc) is 3.47. The van der Waals surface area contributed by atoms with Crippen molar-refractivity contribution in [3.05, 3.63) is 41.2 Å². The van der Waals surface area contributed by atoms with E-state index in [1.165, 1.54) is 13.2 Å². The van der Waals surface area contributed by atoms with Crippen molar-refractivity contribution >= 4 is 38.4 Å². The van der Waals surface area contributed by atoms with Gasteiger partial charge in [-0.3, -0.25) is 9.78 Å². The number of ketones is 1. The zero-order valence-electron chi connectivity index (χ0n) is 17.7. The highest BCUT2D eigenvalue weighted by molar-refractivity contribution is 7.90. The monoisotopic (exact) mass is 463 g/mol. The molecule has 1 aromatic heterocycles. The van der Waals surface area contributed by atoms with Gasteiger partial charge < -0.3 is 10.1 Å². The molecule has 0 radical (unpaired) electrons. The summed E-state index contributed by atoms with van der Waals surface area (Å²) in [7, 11) is -2.10. The van der Waals surface area contributed by atoms with E-state index in [1.54, 1.807) is 18.2 Å². The number of aliphatic imine (C=N–C) groups is 1. The molecule has 0 atom stereocenters. The molecule has 1 fully saturated rings. The van der Waals surface area contributed by atoms with Crippen molar-refractivity contribution in [2.75, 3.05) is 18.7 Å². The number of pyridine rings is 1. The van der Waals surface area contributed by atoms with Crippen molar-refractivity contribution in [3.63, 3.8) is 0 Å². The first kappa shape index (κ1) is 22.5. The van der Waals surface area contributed by atoms with Gasteiger partial charge in [0, 0.05) is 32.1 Å². The fourth-order valence-corrected chi connectivity index (χ4v) is 4.55. The molecule has 4 rings (SSSR count). The molecule has 10 heteroatoms. The Morgan fingerprint density at radius 3 is 2.62 bits per heavy atom. The first-order valence-corrected chi connectivity index (χ1v) is 12.0. The van der Waals surface area contributed by atoms with Crippen molar-refractivity contribution < 1.29 is 26.7 Å². The molecule has 1 aliphatic heterocycles. The molecule has 0 amide bonds. The fourth-order valence-electron chi connectivity index (χ4n) is 3.67. The number of benzene rings is 1. The Bertz CT molecular complexity index is 1210. The predicted molar refractivity (Wildman–Crippen MR) is 116 cm³/mol. The van der Waals surface area contributed by atoms with Gasteiger partial charge in [0.25, 0.3) is 6.43 Å². The number of carbonyl (C=O) groups is 1. The van der Waals surface area contributed by atoms with Gasteiger partial charge in [0.05, 0.1) is 40.0 Å². The van der Waals surface area contributed by atoms with Crippen molar-refractivity contribution in [3.8, 4) is 0 Å². The minimum Gasteiger partial charge on any atom is -0.380 e. The number of nitrogens with one attached hydrogen (secondary N) is 1. The maximum absolute atomic E-state index is 13.3. The topological polar surface area (TPSA) is 97.7 Å². The van der Waals surface area contributed by atoms with E-state index in [0.29, 0.717) is 22.6 Å². The summed E-state index contributed by atoms with van der Waals surface area (Å²) in [5.41, 5.74) is 2.02. The van der Waals surface area contributed by atoms with Gasteiger partial charge in [-0.05, 0) is 36.6 Å². The van der Waals surface area contributed by atoms with Crippen LogP contribution in [0, 0.1) is 5.92 Å². The Kier molecular flexibility index (Phi) is 6.09. The molecule has 2 heterocycles. The van der Waals surface area contributed by atoms with E-state index in [2.05, 4.69) is 15.3 Å². The van der Waals surface area contributed by atoms with E-state index in [0.717, 1.165) is 19.1 Å². The predicted octanol–water partition coefficient (Wildman–Crippen LogP) is 3.79. The number of alkyl halides is 2. The molecule has 170 valence electrons. The number of nitrogens with zero attached hydrogens (tertiary/aromatic N) is 2. The number of sulfone groups is 1.